The van der Waals surface area contributed by atoms with Crippen molar-refractivity contribution >= 4 is 5.69 Å². The highest BCUT2D eigenvalue weighted by molar-refractivity contribution is 5.71. The van der Waals surface area contributed by atoms with Crippen molar-refractivity contribution in [2.75, 3.05) is 5.73 Å². The van der Waals surface area contributed by atoms with Crippen LogP contribution in [0.2, 0.25) is 0 Å². The molecule has 0 saturated heterocycles. The minimum atomic E-state index is 0.596. The van der Waals surface area contributed by atoms with Crippen LogP contribution >= 0.6 is 0 Å². The smallest absolute Gasteiger partial charge is 0.136 e. The first-order chi connectivity index (χ1) is 10.1. The van der Waals surface area contributed by atoms with Crippen LogP contribution in [-0.2, 0) is 0 Å². The van der Waals surface area contributed by atoms with Gasteiger partial charge in [0, 0.05) is 12.4 Å². The van der Waals surface area contributed by atoms with E-state index in [0.717, 1.165) is 22.6 Å². The molecule has 0 unspecified atom stereocenters. The number of nitrogens with zero attached hydrogens (tertiary/aromatic N) is 4. The molecule has 2 aromatic heterocycles. The number of aromatic nitrogens is 4. The van der Waals surface area contributed by atoms with Crippen molar-refractivity contribution in [3.05, 3.63) is 53.6 Å². The van der Waals surface area contributed by atoms with Gasteiger partial charge in [0.25, 0.3) is 0 Å². The van der Waals surface area contributed by atoms with Crippen LogP contribution in [0.15, 0.2) is 36.8 Å². The minimum absolute atomic E-state index is 0.596. The Labute approximate surface area is 123 Å². The lowest BCUT2D eigenvalue weighted by molar-refractivity contribution is 0.872. The molecule has 3 aromatic rings. The molecular weight excluding hydrogens is 262 g/mol. The summed E-state index contributed by atoms with van der Waals surface area (Å²) in [5.74, 6) is 0. The van der Waals surface area contributed by atoms with E-state index in [4.69, 9.17) is 5.73 Å². The maximum atomic E-state index is 6.11. The number of rotatable bonds is 2. The van der Waals surface area contributed by atoms with E-state index >= 15 is 0 Å². The van der Waals surface area contributed by atoms with E-state index < -0.39 is 0 Å². The summed E-state index contributed by atoms with van der Waals surface area (Å²) in [6.45, 7) is 6.04. The summed E-state index contributed by atoms with van der Waals surface area (Å²) < 4.78 is 1.80. The Kier molecular flexibility index (Phi) is 3.17. The molecule has 1 aromatic carbocycles. The second kappa shape index (κ2) is 5.01. The maximum absolute atomic E-state index is 6.11. The molecule has 21 heavy (non-hydrogen) atoms. The molecule has 0 atom stereocenters. The van der Waals surface area contributed by atoms with Crippen LogP contribution in [0.25, 0.3) is 17.1 Å². The normalized spacial score (nSPS) is 10.8. The van der Waals surface area contributed by atoms with E-state index in [-0.39, 0.29) is 0 Å². The van der Waals surface area contributed by atoms with Gasteiger partial charge in [-0.25, -0.2) is 4.68 Å². The molecule has 0 aliphatic heterocycles. The number of anilines is 1. The molecule has 0 spiro atoms. The van der Waals surface area contributed by atoms with Gasteiger partial charge in [0.15, 0.2) is 0 Å². The van der Waals surface area contributed by atoms with Crippen LogP contribution in [0.3, 0.4) is 0 Å². The first kappa shape index (κ1) is 13.3. The molecule has 0 aliphatic carbocycles. The summed E-state index contributed by atoms with van der Waals surface area (Å²) in [5.41, 5.74) is 12.3. The molecule has 0 aliphatic rings. The quantitative estimate of drug-likeness (QED) is 0.783. The third-order valence-electron chi connectivity index (χ3n) is 3.45. The van der Waals surface area contributed by atoms with Crippen molar-refractivity contribution < 1.29 is 0 Å². The zero-order valence-corrected chi connectivity index (χ0v) is 12.3. The van der Waals surface area contributed by atoms with Gasteiger partial charge in [-0.1, -0.05) is 17.7 Å². The molecule has 5 nitrogen and oxygen atoms in total. The predicted molar refractivity (Wildman–Crippen MR) is 83.2 cm³/mol. The fourth-order valence-electron chi connectivity index (χ4n) is 2.40. The standard InChI is InChI=1S/C16H17N5/c1-10-4-5-14(11(2)8-10)21-9-13(17)16(20-21)15-12(3)18-6-7-19-15/h4-9H,17H2,1-3H3. The highest BCUT2D eigenvalue weighted by atomic mass is 15.3. The third-order valence-corrected chi connectivity index (χ3v) is 3.45. The average Bonchev–Trinajstić information content (AvgIpc) is 2.81. The molecule has 2 N–H and O–H groups in total. The van der Waals surface area contributed by atoms with Gasteiger partial charge in [0.1, 0.15) is 11.4 Å². The molecule has 2 heterocycles. The highest BCUT2D eigenvalue weighted by Crippen LogP contribution is 2.26. The Hall–Kier alpha value is -2.69. The highest BCUT2D eigenvalue weighted by Gasteiger charge is 2.14. The van der Waals surface area contributed by atoms with Crippen molar-refractivity contribution in [2.24, 2.45) is 0 Å². The Morgan fingerprint density at radius 3 is 2.48 bits per heavy atom. The molecular formula is C16H17N5. The molecule has 0 bridgehead atoms. The van der Waals surface area contributed by atoms with E-state index in [9.17, 15) is 0 Å². The molecule has 5 heteroatoms. The van der Waals surface area contributed by atoms with Crippen LogP contribution in [-0.4, -0.2) is 19.7 Å². The van der Waals surface area contributed by atoms with Crippen molar-refractivity contribution in [2.45, 2.75) is 20.8 Å². The van der Waals surface area contributed by atoms with Crippen LogP contribution < -0.4 is 5.73 Å². The monoisotopic (exact) mass is 279 g/mol. The van der Waals surface area contributed by atoms with E-state index in [1.165, 1.54) is 5.56 Å². The van der Waals surface area contributed by atoms with Gasteiger partial charge < -0.3 is 5.73 Å². The van der Waals surface area contributed by atoms with Crippen LogP contribution in [0.1, 0.15) is 16.8 Å². The fraction of sp³-hybridized carbons (Fsp3) is 0.188. The molecule has 106 valence electrons. The lowest BCUT2D eigenvalue weighted by atomic mass is 10.1. The average molecular weight is 279 g/mol. The van der Waals surface area contributed by atoms with Gasteiger partial charge >= 0.3 is 0 Å². The lowest BCUT2D eigenvalue weighted by Gasteiger charge is -2.06. The third kappa shape index (κ3) is 2.38. The van der Waals surface area contributed by atoms with E-state index in [2.05, 4.69) is 41.0 Å². The van der Waals surface area contributed by atoms with Crippen molar-refractivity contribution in [1.82, 2.24) is 19.7 Å². The molecule has 3 rings (SSSR count). The SMILES string of the molecule is Cc1ccc(-n2cc(N)c(-c3nccnc3C)n2)c(C)c1. The minimum Gasteiger partial charge on any atom is -0.396 e. The van der Waals surface area contributed by atoms with E-state index in [1.807, 2.05) is 19.2 Å². The van der Waals surface area contributed by atoms with Gasteiger partial charge in [-0.3, -0.25) is 9.97 Å². The van der Waals surface area contributed by atoms with E-state index in [0.29, 0.717) is 11.4 Å². The zero-order chi connectivity index (χ0) is 15.0. The second-order valence-corrected chi connectivity index (χ2v) is 5.16. The zero-order valence-electron chi connectivity index (χ0n) is 12.3. The van der Waals surface area contributed by atoms with Gasteiger partial charge in [0.05, 0.1) is 23.3 Å². The first-order valence-corrected chi connectivity index (χ1v) is 6.77. The number of hydrogen-bond acceptors (Lipinski definition) is 4. The number of aryl methyl sites for hydroxylation is 3. The fourth-order valence-corrected chi connectivity index (χ4v) is 2.40. The van der Waals surface area contributed by atoms with Crippen molar-refractivity contribution in [3.63, 3.8) is 0 Å². The molecule has 0 radical (unpaired) electrons. The van der Waals surface area contributed by atoms with Gasteiger partial charge in [-0.15, -0.1) is 0 Å². The first-order valence-electron chi connectivity index (χ1n) is 6.77. The Morgan fingerprint density at radius 1 is 1.00 bits per heavy atom. The second-order valence-electron chi connectivity index (χ2n) is 5.16. The number of hydrogen-bond donors (Lipinski definition) is 1. The van der Waals surface area contributed by atoms with E-state index in [1.54, 1.807) is 17.1 Å². The van der Waals surface area contributed by atoms with Gasteiger partial charge in [-0.2, -0.15) is 5.10 Å². The summed E-state index contributed by atoms with van der Waals surface area (Å²) in [7, 11) is 0. The summed E-state index contributed by atoms with van der Waals surface area (Å²) in [6, 6.07) is 6.23. The van der Waals surface area contributed by atoms with Gasteiger partial charge in [-0.05, 0) is 32.4 Å². The van der Waals surface area contributed by atoms with Gasteiger partial charge in [0.2, 0.25) is 0 Å². The number of nitrogen functional groups attached to an aromatic ring is 1. The molecule has 0 fully saturated rings. The molecule has 0 saturated carbocycles. The Morgan fingerprint density at radius 2 is 1.76 bits per heavy atom. The molecule has 0 amide bonds. The van der Waals surface area contributed by atoms with Crippen LogP contribution in [0, 0.1) is 20.8 Å². The maximum Gasteiger partial charge on any atom is 0.136 e. The number of nitrogens with two attached hydrogens (primary N) is 1. The summed E-state index contributed by atoms with van der Waals surface area (Å²) in [4.78, 5) is 8.58. The van der Waals surface area contributed by atoms with Crippen LogP contribution in [0.4, 0.5) is 5.69 Å². The number of benzene rings is 1. The topological polar surface area (TPSA) is 69.6 Å². The van der Waals surface area contributed by atoms with Crippen molar-refractivity contribution in [3.8, 4) is 17.1 Å². The lowest BCUT2D eigenvalue weighted by Crippen LogP contribution is -1.99. The van der Waals surface area contributed by atoms with Crippen molar-refractivity contribution in [1.29, 1.82) is 0 Å². The van der Waals surface area contributed by atoms with Crippen LogP contribution in [0.5, 0.6) is 0 Å². The summed E-state index contributed by atoms with van der Waals surface area (Å²) >= 11 is 0. The Bertz CT molecular complexity index is 804. The largest absolute Gasteiger partial charge is 0.396 e. The summed E-state index contributed by atoms with van der Waals surface area (Å²) in [6.07, 6.45) is 5.13. The Balaban J connectivity index is 2.12. The summed E-state index contributed by atoms with van der Waals surface area (Å²) in [5, 5.41) is 4.59. The predicted octanol–water partition coefficient (Wildman–Crippen LogP) is 2.84.